The standard InChI is InChI=1S/C33H16N8.2C11H15NO/c1-2-10-18-17(9-1)25-34-27-19-11-3-4-12-20(19)29-36-31-23-15-7-8-16-24(23)32-37-30-22-14-6-5-13-21(22)28-35-26(18)38(25)33(39(27)29,40(28)30)41(31)32;2*1-7-5-6-8(2)11(9(7)3)12-10(4)13/h1-16H;2*5-6H,1-4H3,(H,12,13)/q+2;;. The average Bonchev–Trinajstić information content (AvgIpc) is 4.05. The van der Waals surface area contributed by atoms with Gasteiger partial charge in [0.1, 0.15) is 0 Å². The van der Waals surface area contributed by atoms with Crippen molar-refractivity contribution in [3.05, 3.63) is 188 Å². The van der Waals surface area contributed by atoms with E-state index in [1.807, 2.05) is 53.7 Å². The molecule has 12 heteroatoms. The van der Waals surface area contributed by atoms with Gasteiger partial charge in [0, 0.05) is 46.8 Å². The van der Waals surface area contributed by atoms with Crippen LogP contribution in [-0.2, 0) is 15.5 Å². The van der Waals surface area contributed by atoms with Crippen LogP contribution in [0.3, 0.4) is 0 Å². The highest BCUT2D eigenvalue weighted by Gasteiger charge is 2.69. The normalized spacial score (nSPS) is 15.1. The van der Waals surface area contributed by atoms with E-state index in [0.717, 1.165) is 123 Å². The van der Waals surface area contributed by atoms with Crippen LogP contribution >= 0.6 is 0 Å². The Bertz CT molecular complexity index is 3650. The molecule has 6 aliphatic heterocycles. The topological polar surface area (TPSA) is 124 Å². The smallest absolute Gasteiger partial charge is 0.326 e. The van der Waals surface area contributed by atoms with Crippen LogP contribution in [0.4, 0.5) is 23.0 Å². The van der Waals surface area contributed by atoms with Gasteiger partial charge in [0.25, 0.3) is 23.3 Å². The molecule has 0 aliphatic carbocycles. The first-order valence-corrected chi connectivity index (χ1v) is 22.5. The van der Waals surface area contributed by atoms with E-state index in [0.29, 0.717) is 0 Å². The zero-order valence-corrected chi connectivity index (χ0v) is 38.4. The summed E-state index contributed by atoms with van der Waals surface area (Å²) in [5.41, 5.74) is 15.0. The van der Waals surface area contributed by atoms with Crippen LogP contribution in [0.2, 0.25) is 0 Å². The summed E-state index contributed by atoms with van der Waals surface area (Å²) in [7, 11) is 0. The summed E-state index contributed by atoms with van der Waals surface area (Å²) in [5, 5.41) is 10.0. The number of amides is 2. The van der Waals surface area contributed by atoms with E-state index in [4.69, 9.17) is 20.0 Å². The van der Waals surface area contributed by atoms with Gasteiger partial charge in [-0.2, -0.15) is 9.13 Å². The number of nitrogens with one attached hydrogen (secondary N) is 2. The van der Waals surface area contributed by atoms with Crippen LogP contribution in [0.5, 0.6) is 0 Å². The van der Waals surface area contributed by atoms with Crippen molar-refractivity contribution >= 4 is 79.7 Å². The van der Waals surface area contributed by atoms with Crippen molar-refractivity contribution in [1.29, 1.82) is 0 Å². The number of aromatic nitrogens is 2. The molecule has 0 radical (unpaired) electrons. The molecule has 0 saturated carbocycles. The molecule has 14 rings (SSSR count). The molecule has 326 valence electrons. The predicted octanol–water partition coefficient (Wildman–Crippen LogP) is 8.85. The Hall–Kier alpha value is -8.38. The fourth-order valence-electron chi connectivity index (χ4n) is 10.5. The van der Waals surface area contributed by atoms with Crippen LogP contribution in [0, 0.1) is 41.5 Å². The summed E-state index contributed by atoms with van der Waals surface area (Å²) in [6, 6.07) is 42.2. The van der Waals surface area contributed by atoms with Crippen molar-refractivity contribution in [3.8, 4) is 0 Å². The van der Waals surface area contributed by atoms with E-state index in [1.54, 1.807) is 0 Å². The second-order valence-electron chi connectivity index (χ2n) is 17.9. The predicted molar refractivity (Wildman–Crippen MR) is 263 cm³/mol. The summed E-state index contributed by atoms with van der Waals surface area (Å²) < 4.78 is 9.32. The lowest BCUT2D eigenvalue weighted by atomic mass is 10.0. The van der Waals surface area contributed by atoms with Gasteiger partial charge >= 0.3 is 5.91 Å². The first-order valence-electron chi connectivity index (χ1n) is 22.5. The molecule has 0 atom stereocenters. The fourth-order valence-corrected chi connectivity index (χ4v) is 10.5. The van der Waals surface area contributed by atoms with Gasteiger partial charge in [-0.3, -0.25) is 9.59 Å². The van der Waals surface area contributed by atoms with Crippen LogP contribution in [0.15, 0.2) is 141 Å². The molecule has 6 aliphatic rings. The summed E-state index contributed by atoms with van der Waals surface area (Å²) in [6.07, 6.45) is 0. The van der Waals surface area contributed by atoms with Crippen molar-refractivity contribution in [2.24, 2.45) is 20.0 Å². The second-order valence-corrected chi connectivity index (χ2v) is 17.9. The number of rotatable bonds is 2. The third kappa shape index (κ3) is 5.40. The number of aliphatic imine (C=N–C) groups is 2. The molecule has 2 N–H and O–H groups in total. The number of carbonyl (C=O) groups excluding carboxylic acids is 2. The molecule has 1 spiro atoms. The molecule has 0 bridgehead atoms. The molecule has 67 heavy (non-hydrogen) atoms. The van der Waals surface area contributed by atoms with Crippen LogP contribution in [0.25, 0.3) is 21.5 Å². The van der Waals surface area contributed by atoms with E-state index in [-0.39, 0.29) is 11.8 Å². The molecule has 12 nitrogen and oxygen atoms in total. The highest BCUT2D eigenvalue weighted by molar-refractivity contribution is 6.20. The van der Waals surface area contributed by atoms with Crippen molar-refractivity contribution in [2.45, 2.75) is 61.3 Å². The Morgan fingerprint density at radius 2 is 0.806 bits per heavy atom. The molecule has 8 heterocycles. The third-order valence-electron chi connectivity index (χ3n) is 13.9. The lowest BCUT2D eigenvalue weighted by molar-refractivity contribution is -0.790. The summed E-state index contributed by atoms with van der Waals surface area (Å²) >= 11 is 0. The third-order valence-corrected chi connectivity index (χ3v) is 13.9. The first-order chi connectivity index (χ1) is 32.4. The second kappa shape index (κ2) is 14.3. The van der Waals surface area contributed by atoms with Gasteiger partial charge in [-0.1, -0.05) is 92.8 Å². The summed E-state index contributed by atoms with van der Waals surface area (Å²) in [5.74, 6) is 4.43. The van der Waals surface area contributed by atoms with Crippen LogP contribution < -0.4 is 21.6 Å². The van der Waals surface area contributed by atoms with Crippen molar-refractivity contribution in [2.75, 3.05) is 10.6 Å². The molecule has 2 amide bonds. The highest BCUT2D eigenvalue weighted by atomic mass is 16.2. The first kappa shape index (κ1) is 40.2. The number of fused-ring (bicyclic) bond motifs is 12. The summed E-state index contributed by atoms with van der Waals surface area (Å²) in [6.45, 7) is 15.2. The highest BCUT2D eigenvalue weighted by Crippen LogP contribution is 2.52. The minimum Gasteiger partial charge on any atom is -0.326 e. The SMILES string of the molecule is CC(=O)Nc1c(C)ccc(C)c1C.CC(=O)Nc1c(C)ccc(C)c1C.c1ccc2c(c1)C1=Nc3c4ccccc4c4n3C35n6c(c7ccccc7c6=NC6=[N+]3C(=N4)c3ccccc36)=NC2=[N+]15. The lowest BCUT2D eigenvalue weighted by Crippen LogP contribution is -2.71. The van der Waals surface area contributed by atoms with Crippen LogP contribution in [-0.4, -0.2) is 53.4 Å². The van der Waals surface area contributed by atoms with Gasteiger partial charge in [-0.15, -0.1) is 9.15 Å². The Balaban J connectivity index is 0.000000149. The fraction of sp³-hybridized carbons (Fsp3) is 0.164. The van der Waals surface area contributed by atoms with Gasteiger partial charge in [0.05, 0.1) is 22.3 Å². The number of nitrogens with zero attached hydrogens (tertiary/aromatic N) is 8. The quantitative estimate of drug-likeness (QED) is 0.169. The number of benzene rings is 6. The maximum absolute atomic E-state index is 10.9. The minimum atomic E-state index is -0.923. The zero-order valence-electron chi connectivity index (χ0n) is 38.4. The Labute approximate surface area is 386 Å². The Morgan fingerprint density at radius 3 is 1.21 bits per heavy atom. The van der Waals surface area contributed by atoms with E-state index in [2.05, 4.69) is 138 Å². The summed E-state index contributed by atoms with van der Waals surface area (Å²) in [4.78, 5) is 43.5. The number of carbonyl (C=O) groups is 2. The van der Waals surface area contributed by atoms with Gasteiger partial charge in [-0.05, 0) is 123 Å². The molecule has 0 fully saturated rings. The van der Waals surface area contributed by atoms with E-state index in [1.165, 1.54) is 25.0 Å². The Kier molecular flexibility index (Phi) is 8.58. The van der Waals surface area contributed by atoms with E-state index >= 15 is 0 Å². The minimum absolute atomic E-state index is 0.0169. The number of hydrogen-bond acceptors (Lipinski definition) is 6. The van der Waals surface area contributed by atoms with Crippen molar-refractivity contribution < 1.29 is 18.7 Å². The largest absolute Gasteiger partial charge is 0.404 e. The molecular weight excluding hydrogens is 833 g/mol. The van der Waals surface area contributed by atoms with Crippen molar-refractivity contribution in [1.82, 2.24) is 9.13 Å². The molecule has 8 aromatic rings. The monoisotopic (exact) mass is 878 g/mol. The van der Waals surface area contributed by atoms with Gasteiger partial charge in [-0.25, -0.2) is 0 Å². The van der Waals surface area contributed by atoms with Gasteiger partial charge < -0.3 is 10.6 Å². The number of aryl methyl sites for hydroxylation is 4. The zero-order chi connectivity index (χ0) is 46.2. The molecule has 0 saturated heterocycles. The van der Waals surface area contributed by atoms with Gasteiger partial charge in [0.2, 0.25) is 34.4 Å². The molecular formula is C55H46N10O2+2. The molecule has 0 unspecified atom stereocenters. The average molecular weight is 879 g/mol. The number of anilines is 2. The van der Waals surface area contributed by atoms with Crippen molar-refractivity contribution in [3.63, 3.8) is 0 Å². The Morgan fingerprint density at radius 1 is 0.448 bits per heavy atom. The maximum atomic E-state index is 10.9. The number of hydrogen-bond donors (Lipinski definition) is 2. The van der Waals surface area contributed by atoms with E-state index < -0.39 is 5.91 Å². The maximum Gasteiger partial charge on any atom is 0.404 e. The van der Waals surface area contributed by atoms with E-state index in [9.17, 15) is 9.59 Å². The van der Waals surface area contributed by atoms with Crippen LogP contribution in [0.1, 0.15) is 69.5 Å². The lowest BCUT2D eigenvalue weighted by Gasteiger charge is -2.40. The van der Waals surface area contributed by atoms with Gasteiger partial charge in [0.15, 0.2) is 0 Å². The number of amidine groups is 4. The molecule has 6 aromatic carbocycles. The molecule has 2 aromatic heterocycles.